The Labute approximate surface area is 93.9 Å². The molecule has 0 aromatic carbocycles. The van der Waals surface area contributed by atoms with Crippen LogP contribution in [0.5, 0.6) is 0 Å². The van der Waals surface area contributed by atoms with E-state index in [1.165, 1.54) is 25.7 Å². The maximum Gasteiger partial charge on any atom is 0.155 e. The number of hydrogen-bond acceptors (Lipinski definition) is 1. The van der Waals surface area contributed by atoms with E-state index in [0.29, 0.717) is 11.8 Å². The minimum absolute atomic E-state index is 0.204. The highest BCUT2D eigenvalue weighted by Crippen LogP contribution is 2.50. The van der Waals surface area contributed by atoms with Crippen LogP contribution in [0.3, 0.4) is 0 Å². The van der Waals surface area contributed by atoms with Gasteiger partial charge in [0.2, 0.25) is 0 Å². The molecule has 1 nitrogen and oxygen atoms in total. The van der Waals surface area contributed by atoms with E-state index >= 15 is 0 Å². The first-order valence-corrected chi connectivity index (χ1v) is 6.13. The Hall–Kier alpha value is -0.590. The normalized spacial score (nSPS) is 30.7. The summed E-state index contributed by atoms with van der Waals surface area (Å²) in [7, 11) is 0. The van der Waals surface area contributed by atoms with Crippen molar-refractivity contribution in [3.8, 4) is 0 Å². The Morgan fingerprint density at radius 3 is 2.33 bits per heavy atom. The van der Waals surface area contributed by atoms with E-state index < -0.39 is 0 Å². The summed E-state index contributed by atoms with van der Waals surface area (Å²) in [6.07, 6.45) is 9.70. The summed E-state index contributed by atoms with van der Waals surface area (Å²) in [5, 5.41) is 0. The first-order valence-electron chi connectivity index (χ1n) is 6.13. The molecule has 0 spiro atoms. The Balaban J connectivity index is 2.79. The molecule has 0 heterocycles. The first-order chi connectivity index (χ1) is 6.91. The van der Waals surface area contributed by atoms with Crippen molar-refractivity contribution in [2.45, 2.75) is 59.8 Å². The lowest BCUT2D eigenvalue weighted by molar-refractivity contribution is -0.114. The van der Waals surface area contributed by atoms with Crippen molar-refractivity contribution in [3.05, 3.63) is 12.2 Å². The molecule has 0 aliphatic heterocycles. The van der Waals surface area contributed by atoms with Crippen molar-refractivity contribution in [1.82, 2.24) is 0 Å². The van der Waals surface area contributed by atoms with E-state index in [1.54, 1.807) is 6.08 Å². The molecule has 1 aliphatic rings. The Kier molecular flexibility index (Phi) is 3.75. The average molecular weight is 208 g/mol. The molecule has 1 fully saturated rings. The molecule has 0 amide bonds. The van der Waals surface area contributed by atoms with Gasteiger partial charge in [-0.1, -0.05) is 46.6 Å². The SMILES string of the molecule is CCC(=O)/C=C/C1(C)CCCCC1(C)C. The molecular weight excluding hydrogens is 184 g/mol. The maximum atomic E-state index is 11.3. The molecule has 0 aromatic heterocycles. The molecule has 1 heteroatoms. The predicted molar refractivity (Wildman–Crippen MR) is 64.8 cm³/mol. The van der Waals surface area contributed by atoms with Crippen LogP contribution in [0.4, 0.5) is 0 Å². The van der Waals surface area contributed by atoms with E-state index in [1.807, 2.05) is 6.92 Å². The molecule has 1 atom stereocenters. The molecule has 1 rings (SSSR count). The van der Waals surface area contributed by atoms with Crippen molar-refractivity contribution >= 4 is 5.78 Å². The predicted octanol–water partition coefficient (Wildman–Crippen LogP) is 4.13. The van der Waals surface area contributed by atoms with E-state index in [2.05, 4.69) is 26.8 Å². The lowest BCUT2D eigenvalue weighted by Crippen LogP contribution is -2.36. The number of carbonyl (C=O) groups is 1. The van der Waals surface area contributed by atoms with Gasteiger partial charge in [-0.15, -0.1) is 0 Å². The number of rotatable bonds is 3. The minimum Gasteiger partial charge on any atom is -0.295 e. The summed E-state index contributed by atoms with van der Waals surface area (Å²) in [5.74, 6) is 0.248. The molecule has 0 bridgehead atoms. The zero-order chi connectivity index (χ0) is 11.5. The van der Waals surface area contributed by atoms with Crippen molar-refractivity contribution < 1.29 is 4.79 Å². The van der Waals surface area contributed by atoms with Gasteiger partial charge in [-0.2, -0.15) is 0 Å². The fourth-order valence-corrected chi connectivity index (χ4v) is 2.39. The van der Waals surface area contributed by atoms with Gasteiger partial charge in [0.1, 0.15) is 0 Å². The highest BCUT2D eigenvalue weighted by atomic mass is 16.1. The number of carbonyl (C=O) groups excluding carboxylic acids is 1. The lowest BCUT2D eigenvalue weighted by atomic mass is 9.58. The lowest BCUT2D eigenvalue weighted by Gasteiger charge is -2.46. The van der Waals surface area contributed by atoms with Gasteiger partial charge in [0, 0.05) is 6.42 Å². The smallest absolute Gasteiger partial charge is 0.155 e. The third-order valence-corrected chi connectivity index (χ3v) is 4.28. The van der Waals surface area contributed by atoms with Crippen molar-refractivity contribution in [1.29, 1.82) is 0 Å². The summed E-state index contributed by atoms with van der Waals surface area (Å²) < 4.78 is 0. The highest BCUT2D eigenvalue weighted by molar-refractivity contribution is 5.89. The van der Waals surface area contributed by atoms with Gasteiger partial charge in [0.05, 0.1) is 0 Å². The quantitative estimate of drug-likeness (QED) is 0.637. The van der Waals surface area contributed by atoms with Crippen LogP contribution < -0.4 is 0 Å². The van der Waals surface area contributed by atoms with E-state index in [0.717, 1.165) is 0 Å². The van der Waals surface area contributed by atoms with E-state index in [4.69, 9.17) is 0 Å². The highest BCUT2D eigenvalue weighted by Gasteiger charge is 2.40. The molecule has 1 saturated carbocycles. The summed E-state index contributed by atoms with van der Waals surface area (Å²) in [4.78, 5) is 11.3. The van der Waals surface area contributed by atoms with E-state index in [9.17, 15) is 4.79 Å². The summed E-state index contributed by atoms with van der Waals surface area (Å²) in [6.45, 7) is 8.87. The molecular formula is C14H24O. The van der Waals surface area contributed by atoms with Crippen molar-refractivity contribution in [3.63, 3.8) is 0 Å². The number of hydrogen-bond donors (Lipinski definition) is 0. The van der Waals surface area contributed by atoms with Crippen LogP contribution in [0.1, 0.15) is 59.8 Å². The summed E-state index contributed by atoms with van der Waals surface area (Å²) in [5.41, 5.74) is 0.534. The maximum absolute atomic E-state index is 11.3. The van der Waals surface area contributed by atoms with Gasteiger partial charge in [-0.25, -0.2) is 0 Å². The largest absolute Gasteiger partial charge is 0.295 e. The second-order valence-corrected chi connectivity index (χ2v) is 5.66. The first kappa shape index (κ1) is 12.5. The molecule has 0 aromatic rings. The summed E-state index contributed by atoms with van der Waals surface area (Å²) in [6, 6.07) is 0. The zero-order valence-electron chi connectivity index (χ0n) is 10.6. The number of allylic oxidation sites excluding steroid dienone is 2. The van der Waals surface area contributed by atoms with Crippen molar-refractivity contribution in [2.24, 2.45) is 10.8 Å². The molecule has 1 unspecified atom stereocenters. The van der Waals surface area contributed by atoms with Gasteiger partial charge in [-0.3, -0.25) is 4.79 Å². The average Bonchev–Trinajstić information content (AvgIpc) is 2.19. The second-order valence-electron chi connectivity index (χ2n) is 5.66. The molecule has 0 N–H and O–H groups in total. The monoisotopic (exact) mass is 208 g/mol. The molecule has 1 aliphatic carbocycles. The van der Waals surface area contributed by atoms with Crippen LogP contribution in [0.15, 0.2) is 12.2 Å². The molecule has 15 heavy (non-hydrogen) atoms. The third kappa shape index (κ3) is 2.70. The zero-order valence-corrected chi connectivity index (χ0v) is 10.6. The Bertz CT molecular complexity index is 263. The van der Waals surface area contributed by atoms with Crippen LogP contribution in [0.25, 0.3) is 0 Å². The fourth-order valence-electron chi connectivity index (χ4n) is 2.39. The van der Waals surface area contributed by atoms with E-state index in [-0.39, 0.29) is 11.2 Å². The van der Waals surface area contributed by atoms with Crippen LogP contribution in [0.2, 0.25) is 0 Å². The fraction of sp³-hybridized carbons (Fsp3) is 0.786. The Morgan fingerprint density at radius 1 is 1.20 bits per heavy atom. The summed E-state index contributed by atoms with van der Waals surface area (Å²) >= 11 is 0. The van der Waals surface area contributed by atoms with Crippen molar-refractivity contribution in [2.75, 3.05) is 0 Å². The van der Waals surface area contributed by atoms with Crippen LogP contribution in [-0.4, -0.2) is 5.78 Å². The molecule has 0 saturated heterocycles. The van der Waals surface area contributed by atoms with Crippen LogP contribution in [0, 0.1) is 10.8 Å². The van der Waals surface area contributed by atoms with Gasteiger partial charge in [-0.05, 0) is 29.7 Å². The van der Waals surface area contributed by atoms with Gasteiger partial charge < -0.3 is 0 Å². The number of ketones is 1. The minimum atomic E-state index is 0.204. The van der Waals surface area contributed by atoms with Crippen LogP contribution >= 0.6 is 0 Å². The van der Waals surface area contributed by atoms with Crippen LogP contribution in [-0.2, 0) is 4.79 Å². The Morgan fingerprint density at radius 2 is 1.80 bits per heavy atom. The third-order valence-electron chi connectivity index (χ3n) is 4.28. The standard InChI is InChI=1S/C14H24O/c1-5-12(15)8-11-14(4)10-7-6-9-13(14,2)3/h8,11H,5-7,9-10H2,1-4H3/b11-8+. The van der Waals surface area contributed by atoms with Gasteiger partial charge in [0.15, 0.2) is 5.78 Å². The molecule has 0 radical (unpaired) electrons. The molecule has 86 valence electrons. The topological polar surface area (TPSA) is 17.1 Å². The van der Waals surface area contributed by atoms with Gasteiger partial charge in [0.25, 0.3) is 0 Å². The van der Waals surface area contributed by atoms with Gasteiger partial charge >= 0.3 is 0 Å². The second kappa shape index (κ2) is 4.51.